The van der Waals surface area contributed by atoms with Crippen molar-refractivity contribution >= 4 is 33.2 Å². The predicted octanol–water partition coefficient (Wildman–Crippen LogP) is 0.983. The van der Waals surface area contributed by atoms with Crippen LogP contribution in [0.1, 0.15) is 20.7 Å². The Morgan fingerprint density at radius 1 is 1.14 bits per heavy atom. The number of benzene rings is 1. The Hall–Kier alpha value is -2.34. The van der Waals surface area contributed by atoms with Crippen molar-refractivity contribution in [3.8, 4) is 0 Å². The van der Waals surface area contributed by atoms with Crippen molar-refractivity contribution in [3.05, 3.63) is 52.0 Å². The van der Waals surface area contributed by atoms with Crippen molar-refractivity contribution in [2.45, 2.75) is 4.90 Å². The molecular formula is C17H16FN3O5S2. The lowest BCUT2D eigenvalue weighted by Crippen LogP contribution is -2.66. The van der Waals surface area contributed by atoms with Crippen LogP contribution in [-0.4, -0.2) is 50.8 Å². The fourth-order valence-electron chi connectivity index (χ4n) is 3.08. The van der Waals surface area contributed by atoms with E-state index in [9.17, 15) is 22.4 Å². The van der Waals surface area contributed by atoms with Gasteiger partial charge in [0.15, 0.2) is 0 Å². The smallest absolute Gasteiger partial charge is 0.272 e. The van der Waals surface area contributed by atoms with Crippen LogP contribution in [0.3, 0.4) is 0 Å². The van der Waals surface area contributed by atoms with Crippen LogP contribution in [0.5, 0.6) is 0 Å². The van der Waals surface area contributed by atoms with E-state index in [1.807, 2.05) is 0 Å². The molecule has 2 amide bonds. The number of thiophene rings is 1. The summed E-state index contributed by atoms with van der Waals surface area (Å²) in [5, 5.41) is 3.28. The summed E-state index contributed by atoms with van der Waals surface area (Å²) in [4.78, 5) is 23.9. The molecule has 2 N–H and O–H groups in total. The molecule has 0 aliphatic carbocycles. The quantitative estimate of drug-likeness (QED) is 0.711. The maximum atomic E-state index is 14.1. The Morgan fingerprint density at radius 2 is 1.86 bits per heavy atom. The molecule has 2 fully saturated rings. The zero-order chi connectivity index (χ0) is 19.9. The normalized spacial score (nSPS) is 18.2. The number of ether oxygens (including phenoxy) is 1. The standard InChI is InChI=1S/C17H16FN3O5S2/c18-14-2-1-12(28(24,25)21-7-17(8-21)9-26-10-17)5-13(14)16(23)20-19-15(22)11-3-4-27-6-11/h1-6H,7-10H2,(H,19,22)(H,20,23). The lowest BCUT2D eigenvalue weighted by Gasteiger charge is -2.53. The summed E-state index contributed by atoms with van der Waals surface area (Å²) in [6, 6.07) is 4.57. The van der Waals surface area contributed by atoms with Crippen LogP contribution in [-0.2, 0) is 14.8 Å². The first-order valence-electron chi connectivity index (χ1n) is 8.31. The first-order valence-corrected chi connectivity index (χ1v) is 10.7. The maximum absolute atomic E-state index is 14.1. The fraction of sp³-hybridized carbons (Fsp3) is 0.294. The number of hydrogen-bond acceptors (Lipinski definition) is 6. The molecule has 148 valence electrons. The third-order valence-electron chi connectivity index (χ3n) is 4.73. The van der Waals surface area contributed by atoms with Gasteiger partial charge in [0.2, 0.25) is 10.0 Å². The zero-order valence-electron chi connectivity index (χ0n) is 14.5. The van der Waals surface area contributed by atoms with Crippen LogP contribution in [0.2, 0.25) is 0 Å². The second-order valence-electron chi connectivity index (χ2n) is 6.83. The Labute approximate surface area is 164 Å². The van der Waals surface area contributed by atoms with E-state index in [1.54, 1.807) is 16.8 Å². The minimum absolute atomic E-state index is 0.112. The van der Waals surface area contributed by atoms with E-state index in [2.05, 4.69) is 10.9 Å². The van der Waals surface area contributed by atoms with E-state index in [0.717, 1.165) is 18.2 Å². The van der Waals surface area contributed by atoms with Gasteiger partial charge in [-0.1, -0.05) is 0 Å². The van der Waals surface area contributed by atoms with Gasteiger partial charge in [-0.15, -0.1) is 0 Å². The summed E-state index contributed by atoms with van der Waals surface area (Å²) in [6.45, 7) is 1.73. The average molecular weight is 425 g/mol. The van der Waals surface area contributed by atoms with E-state index in [4.69, 9.17) is 4.74 Å². The third kappa shape index (κ3) is 3.30. The molecule has 8 nitrogen and oxygen atoms in total. The van der Waals surface area contributed by atoms with E-state index in [-0.39, 0.29) is 10.3 Å². The third-order valence-corrected chi connectivity index (χ3v) is 7.20. The summed E-state index contributed by atoms with van der Waals surface area (Å²) < 4.78 is 45.9. The lowest BCUT2D eigenvalue weighted by molar-refractivity contribution is -0.166. The number of sulfonamides is 1. The van der Waals surface area contributed by atoms with Crippen LogP contribution >= 0.6 is 11.3 Å². The number of carbonyl (C=O) groups excluding carboxylic acids is 2. The van der Waals surface area contributed by atoms with Gasteiger partial charge in [-0.25, -0.2) is 12.8 Å². The molecule has 2 saturated heterocycles. The van der Waals surface area contributed by atoms with Crippen LogP contribution in [0.15, 0.2) is 39.9 Å². The molecule has 2 aliphatic heterocycles. The molecule has 28 heavy (non-hydrogen) atoms. The van der Waals surface area contributed by atoms with Gasteiger partial charge in [-0.2, -0.15) is 15.6 Å². The summed E-state index contributed by atoms with van der Waals surface area (Å²) >= 11 is 1.31. The molecular weight excluding hydrogens is 409 g/mol. The van der Waals surface area contributed by atoms with Gasteiger partial charge < -0.3 is 4.74 Å². The topological polar surface area (TPSA) is 105 Å². The summed E-state index contributed by atoms with van der Waals surface area (Å²) in [7, 11) is -3.84. The van der Waals surface area contributed by atoms with Crippen molar-refractivity contribution in [3.63, 3.8) is 0 Å². The number of nitrogens with zero attached hydrogens (tertiary/aromatic N) is 1. The Bertz CT molecular complexity index is 1030. The molecule has 0 radical (unpaired) electrons. The van der Waals surface area contributed by atoms with Gasteiger partial charge in [-0.05, 0) is 29.6 Å². The van der Waals surface area contributed by atoms with Gasteiger partial charge in [0.05, 0.1) is 29.2 Å². The van der Waals surface area contributed by atoms with Gasteiger partial charge in [-0.3, -0.25) is 20.4 Å². The van der Waals surface area contributed by atoms with Crippen LogP contribution in [0.4, 0.5) is 4.39 Å². The van der Waals surface area contributed by atoms with Gasteiger partial charge in [0, 0.05) is 23.9 Å². The number of halogens is 1. The number of nitrogens with one attached hydrogen (secondary N) is 2. The van der Waals surface area contributed by atoms with Crippen LogP contribution in [0.25, 0.3) is 0 Å². The molecule has 0 saturated carbocycles. The molecule has 0 unspecified atom stereocenters. The van der Waals surface area contributed by atoms with Crippen LogP contribution < -0.4 is 10.9 Å². The largest absolute Gasteiger partial charge is 0.380 e. The van der Waals surface area contributed by atoms with Crippen molar-refractivity contribution in [2.24, 2.45) is 5.41 Å². The molecule has 1 spiro atoms. The van der Waals surface area contributed by atoms with E-state index < -0.39 is 33.2 Å². The SMILES string of the molecule is O=C(NNC(=O)c1cc(S(=O)(=O)N2CC3(COC3)C2)ccc1F)c1ccsc1. The highest BCUT2D eigenvalue weighted by Crippen LogP contribution is 2.40. The minimum atomic E-state index is -3.84. The molecule has 3 heterocycles. The fourth-order valence-corrected chi connectivity index (χ4v) is 5.41. The molecule has 1 aromatic heterocycles. The molecule has 2 aromatic rings. The first-order chi connectivity index (χ1) is 13.3. The second-order valence-corrected chi connectivity index (χ2v) is 9.55. The highest BCUT2D eigenvalue weighted by Gasteiger charge is 2.53. The number of hydrazine groups is 1. The summed E-state index contributed by atoms with van der Waals surface area (Å²) in [6.07, 6.45) is 0. The minimum Gasteiger partial charge on any atom is -0.380 e. The number of amides is 2. The van der Waals surface area contributed by atoms with Crippen molar-refractivity contribution in [1.82, 2.24) is 15.2 Å². The first kappa shape index (κ1) is 19.0. The molecule has 2 aliphatic rings. The highest BCUT2D eigenvalue weighted by molar-refractivity contribution is 7.89. The van der Waals surface area contributed by atoms with Gasteiger partial charge in [0.25, 0.3) is 11.8 Å². The summed E-state index contributed by atoms with van der Waals surface area (Å²) in [5.74, 6) is -2.41. The lowest BCUT2D eigenvalue weighted by atomic mass is 9.80. The molecule has 1 aromatic carbocycles. The van der Waals surface area contributed by atoms with Crippen molar-refractivity contribution < 1.29 is 27.1 Å². The molecule has 0 bridgehead atoms. The van der Waals surface area contributed by atoms with E-state index in [1.165, 1.54) is 15.6 Å². The van der Waals surface area contributed by atoms with Crippen LogP contribution in [0, 0.1) is 11.2 Å². The number of hydrogen-bond donors (Lipinski definition) is 2. The van der Waals surface area contributed by atoms with Crippen molar-refractivity contribution in [1.29, 1.82) is 0 Å². The Kier molecular flexibility index (Phi) is 4.70. The summed E-state index contributed by atoms with van der Waals surface area (Å²) in [5.41, 5.74) is 4.02. The zero-order valence-corrected chi connectivity index (χ0v) is 16.1. The number of carbonyl (C=O) groups is 2. The monoisotopic (exact) mass is 425 g/mol. The Balaban J connectivity index is 1.47. The second kappa shape index (κ2) is 6.92. The Morgan fingerprint density at radius 3 is 2.46 bits per heavy atom. The molecule has 4 rings (SSSR count). The average Bonchev–Trinajstić information content (AvgIpc) is 3.11. The predicted molar refractivity (Wildman–Crippen MR) is 97.7 cm³/mol. The highest BCUT2D eigenvalue weighted by atomic mass is 32.2. The number of rotatable bonds is 4. The molecule has 11 heteroatoms. The van der Waals surface area contributed by atoms with E-state index >= 15 is 0 Å². The van der Waals surface area contributed by atoms with Gasteiger partial charge in [0.1, 0.15) is 5.82 Å². The van der Waals surface area contributed by atoms with E-state index in [0.29, 0.717) is 31.9 Å². The maximum Gasteiger partial charge on any atom is 0.272 e. The molecule has 0 atom stereocenters. The van der Waals surface area contributed by atoms with Crippen molar-refractivity contribution in [2.75, 3.05) is 26.3 Å². The van der Waals surface area contributed by atoms with Gasteiger partial charge >= 0.3 is 0 Å².